The van der Waals surface area contributed by atoms with Crippen LogP contribution < -0.4 is 10.7 Å². The minimum Gasteiger partial charge on any atom is -0.451 e. The van der Waals surface area contributed by atoms with E-state index in [1.165, 1.54) is 24.0 Å². The number of amides is 1. The van der Waals surface area contributed by atoms with Crippen molar-refractivity contribution in [3.05, 3.63) is 69.2 Å². The fourth-order valence-electron chi connectivity index (χ4n) is 2.78. The van der Waals surface area contributed by atoms with Gasteiger partial charge >= 0.3 is 11.7 Å². The van der Waals surface area contributed by atoms with E-state index in [1.807, 2.05) is 6.07 Å². The van der Waals surface area contributed by atoms with Crippen molar-refractivity contribution in [2.45, 2.75) is 19.6 Å². The predicted octanol–water partition coefficient (Wildman–Crippen LogP) is 2.10. The molecule has 29 heavy (non-hydrogen) atoms. The van der Waals surface area contributed by atoms with Crippen molar-refractivity contribution in [1.29, 1.82) is 0 Å². The quantitative estimate of drug-likeness (QED) is 0.353. The Morgan fingerprint density at radius 1 is 1.24 bits per heavy atom. The van der Waals surface area contributed by atoms with Crippen LogP contribution >= 0.6 is 0 Å². The fraction of sp³-hybridized carbons (Fsp3) is 0.211. The molecule has 0 N–H and O–H groups in total. The number of ether oxygens (including phenoxy) is 1. The van der Waals surface area contributed by atoms with Gasteiger partial charge in [0, 0.05) is 18.8 Å². The Kier molecular flexibility index (Phi) is 5.44. The van der Waals surface area contributed by atoms with Crippen molar-refractivity contribution in [2.24, 2.45) is 0 Å². The molecule has 0 saturated carbocycles. The van der Waals surface area contributed by atoms with Gasteiger partial charge in [0.05, 0.1) is 16.5 Å². The minimum atomic E-state index is -1.08. The molecule has 0 fully saturated rings. The summed E-state index contributed by atoms with van der Waals surface area (Å²) in [6.07, 6.45) is -1.08. The van der Waals surface area contributed by atoms with Gasteiger partial charge < -0.3 is 14.1 Å². The average Bonchev–Trinajstić information content (AvgIpc) is 3.01. The summed E-state index contributed by atoms with van der Waals surface area (Å²) in [6.45, 7) is 0.926. The number of likely N-dealkylation sites (N-methyl/N-ethyl adjacent to an activating group) is 1. The van der Waals surface area contributed by atoms with E-state index in [1.54, 1.807) is 31.3 Å². The first-order valence-electron chi connectivity index (χ1n) is 8.58. The zero-order chi connectivity index (χ0) is 21.1. The Morgan fingerprint density at radius 2 is 1.93 bits per heavy atom. The summed E-state index contributed by atoms with van der Waals surface area (Å²) in [7, 11) is 1.56. The number of rotatable bonds is 6. The third kappa shape index (κ3) is 4.15. The van der Waals surface area contributed by atoms with E-state index in [2.05, 4.69) is 0 Å². The van der Waals surface area contributed by atoms with Crippen molar-refractivity contribution in [2.75, 3.05) is 11.9 Å². The Morgan fingerprint density at radius 3 is 2.59 bits per heavy atom. The highest BCUT2D eigenvalue weighted by atomic mass is 16.6. The first-order chi connectivity index (χ1) is 13.8. The summed E-state index contributed by atoms with van der Waals surface area (Å²) >= 11 is 0. The van der Waals surface area contributed by atoms with Crippen LogP contribution in [-0.2, 0) is 20.9 Å². The molecule has 0 aliphatic heterocycles. The SMILES string of the molecule is CC(OC(=O)Cn1c(=O)oc2cc([N+](=O)[O-])ccc21)C(=O)N(C)c1ccccc1. The number of benzene rings is 2. The molecule has 2 aromatic carbocycles. The zero-order valence-corrected chi connectivity index (χ0v) is 15.6. The van der Waals surface area contributed by atoms with Crippen LogP contribution in [0.4, 0.5) is 11.4 Å². The molecule has 0 spiro atoms. The van der Waals surface area contributed by atoms with Crippen LogP contribution in [0.15, 0.2) is 57.7 Å². The van der Waals surface area contributed by atoms with Crippen LogP contribution in [0.2, 0.25) is 0 Å². The molecular formula is C19H17N3O7. The van der Waals surface area contributed by atoms with Crippen molar-refractivity contribution in [3.63, 3.8) is 0 Å². The predicted molar refractivity (Wildman–Crippen MR) is 103 cm³/mol. The Bertz CT molecular complexity index is 1130. The van der Waals surface area contributed by atoms with Crippen LogP contribution in [0.3, 0.4) is 0 Å². The molecule has 0 bridgehead atoms. The number of aromatic nitrogens is 1. The van der Waals surface area contributed by atoms with Gasteiger partial charge in [-0.15, -0.1) is 0 Å². The number of para-hydroxylation sites is 1. The lowest BCUT2D eigenvalue weighted by Gasteiger charge is -2.21. The van der Waals surface area contributed by atoms with Gasteiger partial charge in [0.1, 0.15) is 6.54 Å². The summed E-state index contributed by atoms with van der Waals surface area (Å²) < 4.78 is 11.1. The van der Waals surface area contributed by atoms with E-state index >= 15 is 0 Å². The van der Waals surface area contributed by atoms with Gasteiger partial charge in [-0.2, -0.15) is 0 Å². The van der Waals surface area contributed by atoms with Crippen molar-refractivity contribution in [1.82, 2.24) is 4.57 Å². The summed E-state index contributed by atoms with van der Waals surface area (Å²) in [5, 5.41) is 10.8. The van der Waals surface area contributed by atoms with E-state index < -0.39 is 35.2 Å². The number of oxazole rings is 1. The van der Waals surface area contributed by atoms with Gasteiger partial charge in [0.15, 0.2) is 11.7 Å². The number of fused-ring (bicyclic) bond motifs is 1. The van der Waals surface area contributed by atoms with E-state index in [-0.39, 0.29) is 16.8 Å². The molecule has 150 valence electrons. The van der Waals surface area contributed by atoms with Gasteiger partial charge in [0.25, 0.3) is 11.6 Å². The molecule has 0 saturated heterocycles. The number of non-ortho nitro benzene ring substituents is 1. The van der Waals surface area contributed by atoms with E-state index in [9.17, 15) is 24.5 Å². The smallest absolute Gasteiger partial charge is 0.420 e. The van der Waals surface area contributed by atoms with Gasteiger partial charge in [-0.1, -0.05) is 18.2 Å². The molecule has 1 unspecified atom stereocenters. The first-order valence-corrected chi connectivity index (χ1v) is 8.58. The molecule has 1 amide bonds. The highest BCUT2D eigenvalue weighted by molar-refractivity contribution is 5.96. The second kappa shape index (κ2) is 7.97. The van der Waals surface area contributed by atoms with Crippen molar-refractivity contribution < 1.29 is 23.7 Å². The van der Waals surface area contributed by atoms with Crippen molar-refractivity contribution >= 4 is 34.4 Å². The number of hydrogen-bond donors (Lipinski definition) is 0. The number of esters is 1. The lowest BCUT2D eigenvalue weighted by Crippen LogP contribution is -2.38. The third-order valence-corrected chi connectivity index (χ3v) is 4.28. The summed E-state index contributed by atoms with van der Waals surface area (Å²) in [5.74, 6) is -2.13. The maximum absolute atomic E-state index is 12.5. The molecule has 10 heteroatoms. The summed E-state index contributed by atoms with van der Waals surface area (Å²) in [6, 6.07) is 12.4. The minimum absolute atomic E-state index is 0.0232. The number of carbonyl (C=O) groups excluding carboxylic acids is 2. The number of anilines is 1. The second-order valence-corrected chi connectivity index (χ2v) is 6.23. The normalized spacial score (nSPS) is 11.8. The van der Waals surface area contributed by atoms with Crippen molar-refractivity contribution in [3.8, 4) is 0 Å². The van der Waals surface area contributed by atoms with Gasteiger partial charge in [-0.3, -0.25) is 24.3 Å². The lowest BCUT2D eigenvalue weighted by molar-refractivity contribution is -0.384. The first kappa shape index (κ1) is 19.8. The summed E-state index contributed by atoms with van der Waals surface area (Å²) in [4.78, 5) is 48.3. The molecule has 0 radical (unpaired) electrons. The standard InChI is InChI=1S/C19H17N3O7/c1-12(18(24)20(2)13-6-4-3-5-7-13)28-17(23)11-21-15-9-8-14(22(26)27)10-16(15)29-19(21)25/h3-10,12H,11H2,1-2H3. The molecule has 1 aromatic heterocycles. The van der Waals surface area contributed by atoms with Crippen LogP contribution in [-0.4, -0.2) is 34.5 Å². The lowest BCUT2D eigenvalue weighted by atomic mass is 10.2. The highest BCUT2D eigenvalue weighted by Gasteiger charge is 2.24. The average molecular weight is 399 g/mol. The number of nitrogens with zero attached hydrogens (tertiary/aromatic N) is 3. The summed E-state index contributed by atoms with van der Waals surface area (Å²) in [5.41, 5.74) is 0.575. The highest BCUT2D eigenvalue weighted by Crippen LogP contribution is 2.20. The van der Waals surface area contributed by atoms with Crippen LogP contribution in [0.1, 0.15) is 6.92 Å². The number of hydrogen-bond acceptors (Lipinski definition) is 7. The third-order valence-electron chi connectivity index (χ3n) is 4.28. The van der Waals surface area contributed by atoms with E-state index in [0.29, 0.717) is 5.69 Å². The Labute approximate surface area is 164 Å². The molecular weight excluding hydrogens is 382 g/mol. The molecule has 3 aromatic rings. The monoisotopic (exact) mass is 399 g/mol. The van der Waals surface area contributed by atoms with Gasteiger partial charge in [-0.05, 0) is 25.1 Å². The number of nitro groups is 1. The Hall–Kier alpha value is -3.95. The van der Waals surface area contributed by atoms with Crippen LogP contribution in [0.5, 0.6) is 0 Å². The number of carbonyl (C=O) groups is 2. The maximum Gasteiger partial charge on any atom is 0.420 e. The zero-order valence-electron chi connectivity index (χ0n) is 15.6. The fourth-order valence-corrected chi connectivity index (χ4v) is 2.78. The van der Waals surface area contributed by atoms with Gasteiger partial charge in [-0.25, -0.2) is 4.79 Å². The second-order valence-electron chi connectivity index (χ2n) is 6.23. The molecule has 0 aliphatic rings. The largest absolute Gasteiger partial charge is 0.451 e. The maximum atomic E-state index is 12.5. The molecule has 10 nitrogen and oxygen atoms in total. The van der Waals surface area contributed by atoms with E-state index in [0.717, 1.165) is 10.6 Å². The molecule has 1 heterocycles. The van der Waals surface area contributed by atoms with Gasteiger partial charge in [0.2, 0.25) is 0 Å². The molecule has 3 rings (SSSR count). The molecule has 1 atom stereocenters. The molecule has 0 aliphatic carbocycles. The van der Waals surface area contributed by atoms with Crippen LogP contribution in [0.25, 0.3) is 11.1 Å². The number of nitro benzene ring substituents is 1. The van der Waals surface area contributed by atoms with Crippen LogP contribution in [0, 0.1) is 10.1 Å². The van der Waals surface area contributed by atoms with E-state index in [4.69, 9.17) is 9.15 Å². The Balaban J connectivity index is 1.72. The topological polar surface area (TPSA) is 125 Å².